The number of rotatable bonds is 4. The molecule has 0 amide bonds. The first-order valence-corrected chi connectivity index (χ1v) is 6.86. The number of carboxylic acids is 1. The largest absolute Gasteiger partial charge is 0.477 e. The highest BCUT2D eigenvalue weighted by Crippen LogP contribution is 2.25. The Morgan fingerprint density at radius 2 is 2.26 bits per heavy atom. The highest BCUT2D eigenvalue weighted by molar-refractivity contribution is 7.13. The number of benzene rings is 1. The fourth-order valence-electron chi connectivity index (χ4n) is 1.71. The summed E-state index contributed by atoms with van der Waals surface area (Å²) in [6.45, 7) is 1.86. The van der Waals surface area contributed by atoms with Crippen LogP contribution in [-0.2, 0) is 12.8 Å². The van der Waals surface area contributed by atoms with Crippen molar-refractivity contribution in [2.24, 2.45) is 0 Å². The van der Waals surface area contributed by atoms with Crippen LogP contribution < -0.4 is 0 Å². The van der Waals surface area contributed by atoms with Crippen molar-refractivity contribution >= 4 is 28.9 Å². The standard InChI is InChI=1S/C13H11ClFNO2S/c1-2-10-12(13(17)18)19-11(16-10)5-7-3-4-8(15)6-9(7)14/h3-4,6H,2,5H2,1H3,(H,17,18). The Balaban J connectivity index is 2.31. The molecular weight excluding hydrogens is 289 g/mol. The van der Waals surface area contributed by atoms with Crippen LogP contribution in [0.1, 0.15) is 32.9 Å². The van der Waals surface area contributed by atoms with E-state index in [0.717, 1.165) is 16.9 Å². The molecule has 19 heavy (non-hydrogen) atoms. The minimum Gasteiger partial charge on any atom is -0.477 e. The van der Waals surface area contributed by atoms with E-state index in [4.69, 9.17) is 16.7 Å². The zero-order chi connectivity index (χ0) is 14.0. The molecule has 100 valence electrons. The number of thiazole rings is 1. The zero-order valence-electron chi connectivity index (χ0n) is 10.1. The van der Waals surface area contributed by atoms with E-state index >= 15 is 0 Å². The van der Waals surface area contributed by atoms with E-state index in [9.17, 15) is 9.18 Å². The summed E-state index contributed by atoms with van der Waals surface area (Å²) in [6.07, 6.45) is 0.972. The van der Waals surface area contributed by atoms with Crippen LogP contribution in [0.2, 0.25) is 5.02 Å². The molecule has 0 radical (unpaired) electrons. The fraction of sp³-hybridized carbons (Fsp3) is 0.231. The Labute approximate surface area is 118 Å². The van der Waals surface area contributed by atoms with Gasteiger partial charge in [0.05, 0.1) is 10.7 Å². The van der Waals surface area contributed by atoms with Gasteiger partial charge >= 0.3 is 5.97 Å². The Bertz CT molecular complexity index is 627. The Kier molecular flexibility index (Phi) is 4.17. The summed E-state index contributed by atoms with van der Waals surface area (Å²) in [4.78, 5) is 15.6. The number of hydrogen-bond acceptors (Lipinski definition) is 3. The molecule has 0 aliphatic rings. The topological polar surface area (TPSA) is 50.2 Å². The third kappa shape index (κ3) is 3.11. The van der Waals surface area contributed by atoms with Crippen LogP contribution in [0.15, 0.2) is 18.2 Å². The molecule has 1 heterocycles. The minimum atomic E-state index is -0.967. The Morgan fingerprint density at radius 1 is 1.53 bits per heavy atom. The van der Waals surface area contributed by atoms with Crippen LogP contribution in [0.25, 0.3) is 0 Å². The molecule has 0 saturated heterocycles. The average Bonchev–Trinajstić information content (AvgIpc) is 2.76. The van der Waals surface area contributed by atoms with Crippen LogP contribution in [0.4, 0.5) is 4.39 Å². The van der Waals surface area contributed by atoms with Gasteiger partial charge in [-0.15, -0.1) is 11.3 Å². The van der Waals surface area contributed by atoms with Crippen molar-refractivity contribution in [1.82, 2.24) is 4.98 Å². The molecule has 0 atom stereocenters. The Hall–Kier alpha value is -1.46. The van der Waals surface area contributed by atoms with Gasteiger partial charge in [0.2, 0.25) is 0 Å². The SMILES string of the molecule is CCc1nc(Cc2ccc(F)cc2Cl)sc1C(=O)O. The maximum Gasteiger partial charge on any atom is 0.347 e. The van der Waals surface area contributed by atoms with Gasteiger partial charge < -0.3 is 5.11 Å². The quantitative estimate of drug-likeness (QED) is 0.934. The number of aromatic carboxylic acids is 1. The van der Waals surface area contributed by atoms with E-state index in [1.807, 2.05) is 6.92 Å². The molecule has 0 bridgehead atoms. The smallest absolute Gasteiger partial charge is 0.347 e. The molecule has 6 heteroatoms. The van der Waals surface area contributed by atoms with Crippen LogP contribution in [0, 0.1) is 5.82 Å². The van der Waals surface area contributed by atoms with Gasteiger partial charge in [-0.05, 0) is 24.1 Å². The van der Waals surface area contributed by atoms with Crippen molar-refractivity contribution in [3.8, 4) is 0 Å². The van der Waals surface area contributed by atoms with Gasteiger partial charge in [0, 0.05) is 11.4 Å². The molecule has 3 nitrogen and oxygen atoms in total. The monoisotopic (exact) mass is 299 g/mol. The van der Waals surface area contributed by atoms with Gasteiger partial charge in [0.15, 0.2) is 0 Å². The summed E-state index contributed by atoms with van der Waals surface area (Å²) < 4.78 is 12.9. The highest BCUT2D eigenvalue weighted by Gasteiger charge is 2.16. The third-order valence-electron chi connectivity index (χ3n) is 2.63. The lowest BCUT2D eigenvalue weighted by Gasteiger charge is -2.01. The van der Waals surface area contributed by atoms with Crippen molar-refractivity contribution in [3.05, 3.63) is 50.2 Å². The van der Waals surface area contributed by atoms with Crippen molar-refractivity contribution in [2.75, 3.05) is 0 Å². The van der Waals surface area contributed by atoms with Gasteiger partial charge in [-0.3, -0.25) is 0 Å². The number of nitrogens with zero attached hydrogens (tertiary/aromatic N) is 1. The molecule has 0 unspecified atom stereocenters. The number of carboxylic acid groups (broad SMARTS) is 1. The molecule has 0 saturated carbocycles. The van der Waals surface area contributed by atoms with E-state index in [2.05, 4.69) is 4.98 Å². The number of halogens is 2. The molecule has 0 spiro atoms. The molecule has 1 aromatic heterocycles. The molecule has 0 aliphatic heterocycles. The average molecular weight is 300 g/mol. The van der Waals surface area contributed by atoms with E-state index in [1.165, 1.54) is 12.1 Å². The number of aromatic nitrogens is 1. The van der Waals surface area contributed by atoms with Crippen molar-refractivity contribution in [1.29, 1.82) is 0 Å². The first kappa shape index (κ1) is 14.0. The van der Waals surface area contributed by atoms with Crippen LogP contribution in [0.3, 0.4) is 0 Å². The van der Waals surface area contributed by atoms with Crippen LogP contribution in [0.5, 0.6) is 0 Å². The Morgan fingerprint density at radius 3 is 2.79 bits per heavy atom. The van der Waals surface area contributed by atoms with Gasteiger partial charge in [-0.2, -0.15) is 0 Å². The molecule has 2 aromatic rings. The molecule has 0 aliphatic carbocycles. The first-order valence-electron chi connectivity index (χ1n) is 5.67. The van der Waals surface area contributed by atoms with Gasteiger partial charge in [-0.25, -0.2) is 14.2 Å². The maximum atomic E-state index is 12.9. The predicted molar refractivity (Wildman–Crippen MR) is 72.7 cm³/mol. The van der Waals surface area contributed by atoms with E-state index in [1.54, 1.807) is 6.07 Å². The molecule has 1 aromatic carbocycles. The van der Waals surface area contributed by atoms with Gasteiger partial charge in [0.25, 0.3) is 0 Å². The van der Waals surface area contributed by atoms with Crippen LogP contribution >= 0.6 is 22.9 Å². The van der Waals surface area contributed by atoms with Crippen molar-refractivity contribution in [2.45, 2.75) is 19.8 Å². The summed E-state index contributed by atoms with van der Waals surface area (Å²) in [6, 6.07) is 4.15. The van der Waals surface area contributed by atoms with E-state index in [0.29, 0.717) is 28.6 Å². The molecular formula is C13H11ClFNO2S. The summed E-state index contributed by atoms with van der Waals surface area (Å²) in [5.74, 6) is -1.36. The summed E-state index contributed by atoms with van der Waals surface area (Å²) in [7, 11) is 0. The summed E-state index contributed by atoms with van der Waals surface area (Å²) in [5, 5.41) is 10.1. The second-order valence-electron chi connectivity index (χ2n) is 3.95. The van der Waals surface area contributed by atoms with Gasteiger partial charge in [-0.1, -0.05) is 24.6 Å². The molecule has 0 fully saturated rings. The minimum absolute atomic E-state index is 0.260. The second kappa shape index (κ2) is 5.67. The zero-order valence-corrected chi connectivity index (χ0v) is 11.7. The molecule has 1 N–H and O–H groups in total. The lowest BCUT2D eigenvalue weighted by molar-refractivity contribution is 0.0701. The summed E-state index contributed by atoms with van der Waals surface area (Å²) in [5.41, 5.74) is 1.31. The number of hydrogen-bond donors (Lipinski definition) is 1. The first-order chi connectivity index (χ1) is 9.01. The third-order valence-corrected chi connectivity index (χ3v) is 4.07. The van der Waals surface area contributed by atoms with Crippen LogP contribution in [-0.4, -0.2) is 16.1 Å². The number of carbonyl (C=O) groups is 1. The lowest BCUT2D eigenvalue weighted by atomic mass is 10.1. The maximum absolute atomic E-state index is 12.9. The molecule has 2 rings (SSSR count). The van der Waals surface area contributed by atoms with E-state index < -0.39 is 11.8 Å². The van der Waals surface area contributed by atoms with E-state index in [-0.39, 0.29) is 4.88 Å². The lowest BCUT2D eigenvalue weighted by Crippen LogP contribution is -1.97. The highest BCUT2D eigenvalue weighted by atomic mass is 35.5. The van der Waals surface area contributed by atoms with Crippen molar-refractivity contribution < 1.29 is 14.3 Å². The second-order valence-corrected chi connectivity index (χ2v) is 5.45. The summed E-state index contributed by atoms with van der Waals surface area (Å²) >= 11 is 7.08. The van der Waals surface area contributed by atoms with Crippen molar-refractivity contribution in [3.63, 3.8) is 0 Å². The normalized spacial score (nSPS) is 10.7. The number of aryl methyl sites for hydroxylation is 1. The van der Waals surface area contributed by atoms with Gasteiger partial charge in [0.1, 0.15) is 10.7 Å². The predicted octanol–water partition coefficient (Wildman–Crippen LogP) is 3.79. The fourth-order valence-corrected chi connectivity index (χ4v) is 2.96.